The van der Waals surface area contributed by atoms with Crippen molar-refractivity contribution in [3.63, 3.8) is 0 Å². The summed E-state index contributed by atoms with van der Waals surface area (Å²) in [4.78, 5) is 0.324. The van der Waals surface area contributed by atoms with E-state index in [0.717, 1.165) is 35.9 Å². The van der Waals surface area contributed by atoms with E-state index in [1.54, 1.807) is 45.5 Å². The summed E-state index contributed by atoms with van der Waals surface area (Å²) in [5, 5.41) is 17.6. The number of sulfonamides is 1. The van der Waals surface area contributed by atoms with Crippen LogP contribution in [0.2, 0.25) is 0 Å². The Labute approximate surface area is 164 Å². The first-order chi connectivity index (χ1) is 13.5. The predicted molar refractivity (Wildman–Crippen MR) is 106 cm³/mol. The first kappa shape index (κ1) is 19.1. The van der Waals surface area contributed by atoms with Crippen molar-refractivity contribution in [2.75, 3.05) is 13.1 Å². The molecule has 1 aliphatic heterocycles. The van der Waals surface area contributed by atoms with Crippen LogP contribution >= 0.6 is 0 Å². The third-order valence-corrected chi connectivity index (χ3v) is 7.03. The summed E-state index contributed by atoms with van der Waals surface area (Å²) in [6.45, 7) is 1.62. The zero-order valence-corrected chi connectivity index (χ0v) is 16.3. The summed E-state index contributed by atoms with van der Waals surface area (Å²) in [6, 6.07) is 12.4. The molecule has 3 aromatic rings. The number of fused-ring (bicyclic) bond motifs is 1. The van der Waals surface area contributed by atoms with E-state index in [9.17, 15) is 13.5 Å². The molecule has 1 atom stereocenters. The Hall–Kier alpha value is -2.26. The fourth-order valence-electron chi connectivity index (χ4n) is 3.47. The van der Waals surface area contributed by atoms with Crippen LogP contribution in [0.1, 0.15) is 36.6 Å². The molecule has 2 aromatic heterocycles. The molecule has 1 saturated heterocycles. The van der Waals surface area contributed by atoms with E-state index in [2.05, 4.69) is 10.4 Å². The molecule has 148 valence electrons. The van der Waals surface area contributed by atoms with Crippen LogP contribution < -0.4 is 5.32 Å². The fourth-order valence-corrected chi connectivity index (χ4v) is 4.99. The minimum atomic E-state index is -3.41. The summed E-state index contributed by atoms with van der Waals surface area (Å²) in [7, 11) is -3.41. The van der Waals surface area contributed by atoms with Crippen LogP contribution in [0.4, 0.5) is 0 Å². The number of hydrogen-bond acceptors (Lipinski definition) is 5. The molecule has 0 saturated carbocycles. The smallest absolute Gasteiger partial charge is 0.243 e. The Balaban J connectivity index is 1.40. The molecule has 1 fully saturated rings. The largest absolute Gasteiger partial charge is 0.374 e. The molecular formula is C20H24N4O3S. The van der Waals surface area contributed by atoms with Crippen molar-refractivity contribution in [2.24, 2.45) is 0 Å². The molecule has 2 N–H and O–H groups in total. The lowest BCUT2D eigenvalue weighted by Crippen LogP contribution is -2.35. The van der Waals surface area contributed by atoms with E-state index in [0.29, 0.717) is 24.5 Å². The number of piperidine rings is 1. The van der Waals surface area contributed by atoms with Gasteiger partial charge in [-0.2, -0.15) is 9.40 Å². The Kier molecular flexibility index (Phi) is 5.45. The monoisotopic (exact) mass is 400 g/mol. The van der Waals surface area contributed by atoms with Crippen molar-refractivity contribution in [3.8, 4) is 0 Å². The summed E-state index contributed by atoms with van der Waals surface area (Å²) >= 11 is 0. The van der Waals surface area contributed by atoms with Gasteiger partial charge in [-0.15, -0.1) is 0 Å². The Bertz CT molecular complexity index is 1040. The molecule has 4 rings (SSSR count). The molecule has 7 nitrogen and oxygen atoms in total. The molecule has 0 radical (unpaired) electrons. The van der Waals surface area contributed by atoms with Gasteiger partial charge in [0, 0.05) is 32.0 Å². The SMILES string of the molecule is O=S(=O)(c1ccc(CNC(O)c2ccn3nccc3c2)cc1)N1CCCCC1. The Morgan fingerprint density at radius 3 is 2.57 bits per heavy atom. The van der Waals surface area contributed by atoms with Gasteiger partial charge in [0.05, 0.1) is 10.4 Å². The molecule has 0 amide bonds. The van der Waals surface area contributed by atoms with Gasteiger partial charge in [-0.3, -0.25) is 5.32 Å². The lowest BCUT2D eigenvalue weighted by atomic mass is 10.2. The van der Waals surface area contributed by atoms with Crippen molar-refractivity contribution in [1.82, 2.24) is 19.2 Å². The molecule has 1 unspecified atom stereocenters. The number of aliphatic hydroxyl groups is 1. The van der Waals surface area contributed by atoms with E-state index in [1.807, 2.05) is 18.2 Å². The lowest BCUT2D eigenvalue weighted by molar-refractivity contribution is 0.137. The third kappa shape index (κ3) is 3.95. The van der Waals surface area contributed by atoms with Crippen molar-refractivity contribution in [1.29, 1.82) is 0 Å². The number of hydrogen-bond donors (Lipinski definition) is 2. The molecule has 8 heteroatoms. The zero-order valence-electron chi connectivity index (χ0n) is 15.5. The Morgan fingerprint density at radius 1 is 1.07 bits per heavy atom. The normalized spacial score (nSPS) is 17.0. The number of nitrogens with one attached hydrogen (secondary N) is 1. The first-order valence-corrected chi connectivity index (χ1v) is 10.9. The highest BCUT2D eigenvalue weighted by Crippen LogP contribution is 2.21. The average molecular weight is 401 g/mol. The second-order valence-corrected chi connectivity index (χ2v) is 8.99. The van der Waals surface area contributed by atoms with Crippen LogP contribution in [-0.2, 0) is 16.6 Å². The molecule has 3 heterocycles. The van der Waals surface area contributed by atoms with Gasteiger partial charge in [0.2, 0.25) is 10.0 Å². The zero-order chi connectivity index (χ0) is 19.6. The predicted octanol–water partition coefficient (Wildman–Crippen LogP) is 2.29. The topological polar surface area (TPSA) is 86.9 Å². The Morgan fingerprint density at radius 2 is 1.82 bits per heavy atom. The van der Waals surface area contributed by atoms with Crippen molar-refractivity contribution >= 4 is 15.5 Å². The molecule has 0 aliphatic carbocycles. The van der Waals surface area contributed by atoms with Gasteiger partial charge >= 0.3 is 0 Å². The van der Waals surface area contributed by atoms with Crippen LogP contribution in [0.3, 0.4) is 0 Å². The number of nitrogens with zero attached hydrogens (tertiary/aromatic N) is 3. The number of pyridine rings is 1. The van der Waals surface area contributed by atoms with Crippen LogP contribution in [-0.4, -0.2) is 40.5 Å². The molecule has 1 aromatic carbocycles. The van der Waals surface area contributed by atoms with Gasteiger partial charge in [-0.05, 0) is 54.3 Å². The molecule has 0 spiro atoms. The van der Waals surface area contributed by atoms with Gasteiger partial charge in [0.1, 0.15) is 6.23 Å². The van der Waals surface area contributed by atoms with Gasteiger partial charge in [-0.1, -0.05) is 18.6 Å². The highest BCUT2D eigenvalue weighted by molar-refractivity contribution is 7.89. The van der Waals surface area contributed by atoms with Gasteiger partial charge in [0.15, 0.2) is 0 Å². The van der Waals surface area contributed by atoms with E-state index in [-0.39, 0.29) is 0 Å². The molecule has 0 bridgehead atoms. The van der Waals surface area contributed by atoms with Crippen LogP contribution in [0.15, 0.2) is 59.8 Å². The summed E-state index contributed by atoms with van der Waals surface area (Å²) in [6.07, 6.45) is 5.62. The summed E-state index contributed by atoms with van der Waals surface area (Å²) in [5.74, 6) is 0. The number of rotatable bonds is 6. The second kappa shape index (κ2) is 8.00. The highest BCUT2D eigenvalue weighted by Gasteiger charge is 2.25. The number of benzene rings is 1. The van der Waals surface area contributed by atoms with E-state index in [1.165, 1.54) is 0 Å². The number of aliphatic hydroxyl groups excluding tert-OH is 1. The molecule has 28 heavy (non-hydrogen) atoms. The van der Waals surface area contributed by atoms with Gasteiger partial charge < -0.3 is 5.11 Å². The third-order valence-electron chi connectivity index (χ3n) is 5.12. The maximum absolute atomic E-state index is 12.7. The number of aromatic nitrogens is 2. The minimum absolute atomic E-state index is 0.324. The molecule has 1 aliphatic rings. The van der Waals surface area contributed by atoms with Gasteiger partial charge in [-0.25, -0.2) is 12.9 Å². The second-order valence-electron chi connectivity index (χ2n) is 7.05. The average Bonchev–Trinajstić information content (AvgIpc) is 3.21. The quantitative estimate of drug-likeness (QED) is 0.620. The maximum atomic E-state index is 12.7. The van der Waals surface area contributed by atoms with E-state index < -0.39 is 16.3 Å². The van der Waals surface area contributed by atoms with Crippen LogP contribution in [0, 0.1) is 0 Å². The van der Waals surface area contributed by atoms with E-state index >= 15 is 0 Å². The minimum Gasteiger partial charge on any atom is -0.374 e. The highest BCUT2D eigenvalue weighted by atomic mass is 32.2. The first-order valence-electron chi connectivity index (χ1n) is 9.48. The van der Waals surface area contributed by atoms with Crippen molar-refractivity contribution in [2.45, 2.75) is 36.9 Å². The van der Waals surface area contributed by atoms with Crippen LogP contribution in [0.5, 0.6) is 0 Å². The fraction of sp³-hybridized carbons (Fsp3) is 0.350. The van der Waals surface area contributed by atoms with E-state index in [4.69, 9.17) is 0 Å². The standard InChI is InChI=1S/C20H24N4O3S/c25-20(17-9-13-24-18(14-17)8-10-22-24)21-15-16-4-6-19(7-5-16)28(26,27)23-11-2-1-3-12-23/h4-10,13-14,20-21,25H,1-3,11-12,15H2. The summed E-state index contributed by atoms with van der Waals surface area (Å²) < 4.78 is 28.7. The summed E-state index contributed by atoms with van der Waals surface area (Å²) in [5.41, 5.74) is 2.56. The lowest BCUT2D eigenvalue weighted by Gasteiger charge is -2.25. The molecular weight excluding hydrogens is 376 g/mol. The van der Waals surface area contributed by atoms with Gasteiger partial charge in [0.25, 0.3) is 0 Å². The van der Waals surface area contributed by atoms with Crippen molar-refractivity contribution in [3.05, 3.63) is 66.0 Å². The maximum Gasteiger partial charge on any atom is 0.243 e. The van der Waals surface area contributed by atoms with Crippen LogP contribution in [0.25, 0.3) is 5.52 Å². The van der Waals surface area contributed by atoms with Crippen molar-refractivity contribution < 1.29 is 13.5 Å².